The first-order valence-corrected chi connectivity index (χ1v) is 6.57. The molecule has 2 nitrogen and oxygen atoms in total. The molecule has 1 aromatic heterocycles. The van der Waals surface area contributed by atoms with Gasteiger partial charge in [0, 0.05) is 21.6 Å². The van der Waals surface area contributed by atoms with Gasteiger partial charge < -0.3 is 10.3 Å². The van der Waals surface area contributed by atoms with Crippen molar-refractivity contribution < 1.29 is 0 Å². The number of hydrogen-bond acceptors (Lipinski definition) is 1. The van der Waals surface area contributed by atoms with Crippen LogP contribution in [0.2, 0.25) is 5.02 Å². The average molecular weight is 251 g/mol. The summed E-state index contributed by atoms with van der Waals surface area (Å²) >= 11 is 6.00. The molecule has 2 aromatic rings. The van der Waals surface area contributed by atoms with E-state index in [4.69, 9.17) is 11.6 Å². The van der Waals surface area contributed by atoms with E-state index in [1.165, 1.54) is 23.1 Å². The van der Waals surface area contributed by atoms with Gasteiger partial charge in [0.2, 0.25) is 0 Å². The van der Waals surface area contributed by atoms with Crippen molar-refractivity contribution >= 4 is 22.5 Å². The summed E-state index contributed by atoms with van der Waals surface area (Å²) in [7, 11) is 0. The van der Waals surface area contributed by atoms with Gasteiger partial charge in [-0.05, 0) is 50.6 Å². The van der Waals surface area contributed by atoms with Crippen LogP contribution in [0.1, 0.15) is 24.6 Å². The molecular formula is C14H19ClN2. The number of hydrogen-bond donors (Lipinski definition) is 2. The van der Waals surface area contributed by atoms with Gasteiger partial charge in [-0.3, -0.25) is 0 Å². The summed E-state index contributed by atoms with van der Waals surface area (Å²) in [6.07, 6.45) is 2.28. The third kappa shape index (κ3) is 2.82. The highest BCUT2D eigenvalue weighted by Crippen LogP contribution is 2.25. The van der Waals surface area contributed by atoms with E-state index in [0.29, 0.717) is 0 Å². The average Bonchev–Trinajstić information content (AvgIpc) is 2.60. The molecule has 1 aromatic carbocycles. The van der Waals surface area contributed by atoms with Crippen LogP contribution in [-0.4, -0.2) is 18.1 Å². The Balaban J connectivity index is 2.18. The molecule has 1 heterocycles. The summed E-state index contributed by atoms with van der Waals surface area (Å²) in [5, 5.41) is 5.45. The molecule has 0 saturated carbocycles. The SMILES string of the molecule is CCNCCCc1c(C)[nH]c2cc(Cl)ccc12. The fourth-order valence-electron chi connectivity index (χ4n) is 2.25. The van der Waals surface area contributed by atoms with Crippen LogP contribution in [0.15, 0.2) is 18.2 Å². The van der Waals surface area contributed by atoms with E-state index in [2.05, 4.69) is 30.2 Å². The molecule has 0 atom stereocenters. The molecule has 2 N–H and O–H groups in total. The molecule has 0 aliphatic heterocycles. The number of aromatic amines is 1. The first-order chi connectivity index (χ1) is 8.22. The van der Waals surface area contributed by atoms with E-state index >= 15 is 0 Å². The van der Waals surface area contributed by atoms with Gasteiger partial charge in [-0.1, -0.05) is 24.6 Å². The Labute approximate surface area is 107 Å². The van der Waals surface area contributed by atoms with Gasteiger partial charge >= 0.3 is 0 Å². The fourth-order valence-corrected chi connectivity index (χ4v) is 2.42. The number of nitrogens with one attached hydrogen (secondary N) is 2. The van der Waals surface area contributed by atoms with Crippen LogP contribution in [0.3, 0.4) is 0 Å². The number of benzene rings is 1. The zero-order valence-electron chi connectivity index (χ0n) is 10.4. The molecule has 0 unspecified atom stereocenters. The van der Waals surface area contributed by atoms with Crippen LogP contribution >= 0.6 is 11.6 Å². The Morgan fingerprint density at radius 2 is 2.18 bits per heavy atom. The Kier molecular flexibility index (Phi) is 4.08. The van der Waals surface area contributed by atoms with Gasteiger partial charge in [-0.2, -0.15) is 0 Å². The third-order valence-corrected chi connectivity index (χ3v) is 3.35. The summed E-state index contributed by atoms with van der Waals surface area (Å²) in [6, 6.07) is 6.08. The van der Waals surface area contributed by atoms with Crippen LogP contribution < -0.4 is 5.32 Å². The lowest BCUT2D eigenvalue weighted by molar-refractivity contribution is 0.673. The lowest BCUT2D eigenvalue weighted by Gasteiger charge is -2.02. The smallest absolute Gasteiger partial charge is 0.0473 e. The largest absolute Gasteiger partial charge is 0.358 e. The molecule has 17 heavy (non-hydrogen) atoms. The summed E-state index contributed by atoms with van der Waals surface area (Å²) in [5.74, 6) is 0. The second kappa shape index (κ2) is 5.56. The standard InChI is InChI=1S/C14H19ClN2/c1-3-16-8-4-5-12-10(2)17-14-9-11(15)6-7-13(12)14/h6-7,9,16-17H,3-5,8H2,1-2H3. The van der Waals surface area contributed by atoms with Crippen molar-refractivity contribution in [2.24, 2.45) is 0 Å². The summed E-state index contributed by atoms with van der Waals surface area (Å²) in [6.45, 7) is 6.40. The molecule has 0 aliphatic rings. The highest BCUT2D eigenvalue weighted by Gasteiger charge is 2.07. The van der Waals surface area contributed by atoms with Gasteiger partial charge in [0.25, 0.3) is 0 Å². The van der Waals surface area contributed by atoms with E-state index in [-0.39, 0.29) is 0 Å². The third-order valence-electron chi connectivity index (χ3n) is 3.11. The minimum atomic E-state index is 0.790. The zero-order chi connectivity index (χ0) is 12.3. The molecule has 92 valence electrons. The highest BCUT2D eigenvalue weighted by molar-refractivity contribution is 6.31. The maximum atomic E-state index is 6.00. The van der Waals surface area contributed by atoms with E-state index in [1.54, 1.807) is 0 Å². The lowest BCUT2D eigenvalue weighted by Crippen LogP contribution is -2.14. The normalized spacial score (nSPS) is 11.2. The molecule has 0 radical (unpaired) electrons. The number of halogens is 1. The van der Waals surface area contributed by atoms with Crippen molar-refractivity contribution in [1.82, 2.24) is 10.3 Å². The molecule has 0 spiro atoms. The monoisotopic (exact) mass is 250 g/mol. The first-order valence-electron chi connectivity index (χ1n) is 6.19. The van der Waals surface area contributed by atoms with Crippen LogP contribution in [0.4, 0.5) is 0 Å². The van der Waals surface area contributed by atoms with Gasteiger partial charge in [0.05, 0.1) is 0 Å². The zero-order valence-corrected chi connectivity index (χ0v) is 11.2. The van der Waals surface area contributed by atoms with Crippen LogP contribution in [0.25, 0.3) is 10.9 Å². The van der Waals surface area contributed by atoms with Crippen molar-refractivity contribution in [2.75, 3.05) is 13.1 Å². The Morgan fingerprint density at radius 3 is 2.94 bits per heavy atom. The molecule has 0 aliphatic carbocycles. The van der Waals surface area contributed by atoms with Crippen molar-refractivity contribution in [3.05, 3.63) is 34.5 Å². The number of rotatable bonds is 5. The minimum absolute atomic E-state index is 0.790. The van der Waals surface area contributed by atoms with E-state index in [9.17, 15) is 0 Å². The number of aryl methyl sites for hydroxylation is 2. The fraction of sp³-hybridized carbons (Fsp3) is 0.429. The number of fused-ring (bicyclic) bond motifs is 1. The van der Waals surface area contributed by atoms with E-state index in [0.717, 1.165) is 30.0 Å². The topological polar surface area (TPSA) is 27.8 Å². The van der Waals surface area contributed by atoms with E-state index in [1.807, 2.05) is 12.1 Å². The maximum absolute atomic E-state index is 6.00. The Hall–Kier alpha value is -0.990. The van der Waals surface area contributed by atoms with Crippen LogP contribution in [-0.2, 0) is 6.42 Å². The Bertz CT molecular complexity index is 502. The van der Waals surface area contributed by atoms with Crippen molar-refractivity contribution in [1.29, 1.82) is 0 Å². The second-order valence-corrected chi connectivity index (χ2v) is 4.81. The number of aromatic nitrogens is 1. The van der Waals surface area contributed by atoms with Crippen molar-refractivity contribution in [3.63, 3.8) is 0 Å². The summed E-state index contributed by atoms with van der Waals surface area (Å²) in [4.78, 5) is 3.40. The van der Waals surface area contributed by atoms with Crippen molar-refractivity contribution in [2.45, 2.75) is 26.7 Å². The predicted molar refractivity (Wildman–Crippen MR) is 74.9 cm³/mol. The van der Waals surface area contributed by atoms with Crippen LogP contribution in [0.5, 0.6) is 0 Å². The van der Waals surface area contributed by atoms with Crippen LogP contribution in [0, 0.1) is 6.92 Å². The molecule has 0 bridgehead atoms. The first kappa shape index (κ1) is 12.5. The predicted octanol–water partition coefficient (Wildman–Crippen LogP) is 3.67. The summed E-state index contributed by atoms with van der Waals surface area (Å²) in [5.41, 5.74) is 3.83. The molecule has 0 amide bonds. The molecule has 2 rings (SSSR count). The lowest BCUT2D eigenvalue weighted by atomic mass is 10.1. The quantitative estimate of drug-likeness (QED) is 0.779. The minimum Gasteiger partial charge on any atom is -0.358 e. The molecule has 0 fully saturated rings. The van der Waals surface area contributed by atoms with Gasteiger partial charge in [-0.25, -0.2) is 0 Å². The van der Waals surface area contributed by atoms with E-state index < -0.39 is 0 Å². The van der Waals surface area contributed by atoms with Gasteiger partial charge in [-0.15, -0.1) is 0 Å². The van der Waals surface area contributed by atoms with Gasteiger partial charge in [0.1, 0.15) is 0 Å². The number of H-pyrrole nitrogens is 1. The Morgan fingerprint density at radius 1 is 1.35 bits per heavy atom. The molecule has 3 heteroatoms. The van der Waals surface area contributed by atoms with Crippen molar-refractivity contribution in [3.8, 4) is 0 Å². The molecular weight excluding hydrogens is 232 g/mol. The maximum Gasteiger partial charge on any atom is 0.0473 e. The summed E-state index contributed by atoms with van der Waals surface area (Å²) < 4.78 is 0. The highest BCUT2D eigenvalue weighted by atomic mass is 35.5. The molecule has 0 saturated heterocycles. The van der Waals surface area contributed by atoms with Gasteiger partial charge in [0.15, 0.2) is 0 Å². The second-order valence-electron chi connectivity index (χ2n) is 4.38.